The largest absolute Gasteiger partial charge is 0.471 e. The number of phosphoric ester groups is 1. The fourth-order valence-corrected chi connectivity index (χ4v) is 1.25. The van der Waals surface area contributed by atoms with Crippen molar-refractivity contribution < 1.29 is 18.9 Å². The number of aromatic nitrogens is 3. The van der Waals surface area contributed by atoms with Crippen LogP contribution in [0, 0.1) is 5.41 Å². The molecule has 1 aromatic rings. The summed E-state index contributed by atoms with van der Waals surface area (Å²) in [6, 6.07) is 0. The molecule has 0 bridgehead atoms. The molecule has 1 rings (SSSR count). The van der Waals surface area contributed by atoms with Gasteiger partial charge in [-0.1, -0.05) is 18.4 Å². The molecule has 0 unspecified atom stereocenters. The van der Waals surface area contributed by atoms with E-state index in [1.54, 1.807) is 0 Å². The molecule has 1 heterocycles. The minimum Gasteiger partial charge on any atom is -0.322 e. The second-order valence-electron chi connectivity index (χ2n) is 3.04. The van der Waals surface area contributed by atoms with Crippen molar-refractivity contribution in [2.24, 2.45) is 0 Å². The van der Waals surface area contributed by atoms with Gasteiger partial charge in [0.25, 0.3) is 0 Å². The van der Waals surface area contributed by atoms with E-state index in [0.29, 0.717) is 0 Å². The molecule has 0 aliphatic carbocycles. The Labute approximate surface area is 103 Å². The average molecular weight is 273 g/mol. The maximum Gasteiger partial charge on any atom is 0.471 e. The zero-order valence-electron chi connectivity index (χ0n) is 9.30. The summed E-state index contributed by atoms with van der Waals surface area (Å²) in [6.45, 7) is 6.55. The molecule has 0 atom stereocenters. The van der Waals surface area contributed by atoms with Gasteiger partial charge in [-0.05, 0) is 6.20 Å². The summed E-state index contributed by atoms with van der Waals surface area (Å²) in [6.07, 6.45) is 4.04. The number of hydrogen-bond acceptors (Lipinski definition) is 6. The summed E-state index contributed by atoms with van der Waals surface area (Å²) in [5.41, 5.74) is 0.101. The van der Waals surface area contributed by atoms with Crippen molar-refractivity contribution in [2.45, 2.75) is 0 Å². The molecule has 0 radical (unpaired) electrons. The second kappa shape index (κ2) is 5.69. The molecule has 98 valence electrons. The van der Waals surface area contributed by atoms with Crippen molar-refractivity contribution in [3.05, 3.63) is 37.4 Å². The summed E-state index contributed by atoms with van der Waals surface area (Å²) in [7, 11) is -4.60. The van der Waals surface area contributed by atoms with Crippen molar-refractivity contribution in [2.75, 3.05) is 6.73 Å². The van der Waals surface area contributed by atoms with Crippen LogP contribution in [0.15, 0.2) is 37.4 Å². The van der Waals surface area contributed by atoms with Gasteiger partial charge in [0, 0.05) is 0 Å². The van der Waals surface area contributed by atoms with Crippen LogP contribution in [0.5, 0.6) is 0 Å². The van der Waals surface area contributed by atoms with Gasteiger partial charge in [0.05, 0.1) is 18.1 Å². The normalized spacial score (nSPS) is 11.0. The minimum absolute atomic E-state index is 0.101. The van der Waals surface area contributed by atoms with E-state index in [1.165, 1.54) is 18.6 Å². The Bertz CT molecular complexity index is 494. The maximum absolute atomic E-state index is 10.6. The molecule has 0 aromatic carbocycles. The van der Waals surface area contributed by atoms with E-state index in [-0.39, 0.29) is 11.5 Å². The predicted octanol–water partition coefficient (Wildman–Crippen LogP) is 0.129. The van der Waals surface area contributed by atoms with E-state index >= 15 is 0 Å². The van der Waals surface area contributed by atoms with Crippen LogP contribution >= 0.6 is 7.82 Å². The molecule has 0 saturated carbocycles. The van der Waals surface area contributed by atoms with Crippen molar-refractivity contribution >= 4 is 13.7 Å². The van der Waals surface area contributed by atoms with Crippen LogP contribution in [0.1, 0.15) is 0 Å². The SMILES string of the molecule is C=CN(COP(=O)(O)O)C(=C)C(=N)n1ccnn1. The van der Waals surface area contributed by atoms with Crippen LogP contribution in [-0.4, -0.2) is 42.2 Å². The maximum atomic E-state index is 10.6. The quantitative estimate of drug-likeness (QED) is 0.291. The summed E-state index contributed by atoms with van der Waals surface area (Å²) >= 11 is 0. The molecule has 9 nitrogen and oxygen atoms in total. The van der Waals surface area contributed by atoms with Crippen molar-refractivity contribution in [3.8, 4) is 0 Å². The Morgan fingerprint density at radius 2 is 2.33 bits per heavy atom. The standard InChI is InChI=1S/C8H12N5O4P/c1-3-12(6-17-18(14,15)16)7(2)8(9)13-5-4-10-11-13/h3-5,9H,1-2,6H2,(H2,14,15,16). The zero-order valence-corrected chi connectivity index (χ0v) is 10.2. The van der Waals surface area contributed by atoms with Gasteiger partial charge >= 0.3 is 7.82 Å². The van der Waals surface area contributed by atoms with Crippen LogP contribution in [0.3, 0.4) is 0 Å². The zero-order chi connectivity index (χ0) is 13.8. The highest BCUT2D eigenvalue weighted by Crippen LogP contribution is 2.36. The first-order valence-electron chi connectivity index (χ1n) is 4.59. The lowest BCUT2D eigenvalue weighted by Gasteiger charge is -2.22. The molecule has 0 aliphatic heterocycles. The average Bonchev–Trinajstić information content (AvgIpc) is 2.80. The van der Waals surface area contributed by atoms with E-state index in [2.05, 4.69) is 28.0 Å². The van der Waals surface area contributed by atoms with Gasteiger partial charge in [-0.2, -0.15) is 0 Å². The molecule has 1 aromatic heterocycles. The van der Waals surface area contributed by atoms with E-state index in [0.717, 1.165) is 9.58 Å². The minimum atomic E-state index is -4.60. The van der Waals surface area contributed by atoms with Gasteiger partial charge in [0.2, 0.25) is 0 Å². The van der Waals surface area contributed by atoms with E-state index < -0.39 is 14.6 Å². The summed E-state index contributed by atoms with van der Waals surface area (Å²) in [5, 5.41) is 14.9. The number of allylic oxidation sites excluding steroid dienone is 1. The Morgan fingerprint density at radius 1 is 1.67 bits per heavy atom. The summed E-state index contributed by atoms with van der Waals surface area (Å²) in [4.78, 5) is 18.3. The number of rotatable bonds is 6. The third kappa shape index (κ3) is 3.90. The lowest BCUT2D eigenvalue weighted by atomic mass is 10.4. The Balaban J connectivity index is 2.71. The van der Waals surface area contributed by atoms with Crippen molar-refractivity contribution in [1.29, 1.82) is 5.41 Å². The van der Waals surface area contributed by atoms with Gasteiger partial charge in [0.15, 0.2) is 5.84 Å². The Morgan fingerprint density at radius 3 is 2.78 bits per heavy atom. The first-order chi connectivity index (χ1) is 8.35. The highest BCUT2D eigenvalue weighted by Gasteiger charge is 2.18. The van der Waals surface area contributed by atoms with E-state index in [9.17, 15) is 4.57 Å². The molecule has 0 fully saturated rings. The van der Waals surface area contributed by atoms with Crippen LogP contribution in [0.25, 0.3) is 0 Å². The van der Waals surface area contributed by atoms with Gasteiger partial charge < -0.3 is 14.7 Å². The molecule has 0 amide bonds. The fraction of sp³-hybridized carbons (Fsp3) is 0.125. The van der Waals surface area contributed by atoms with Crippen LogP contribution < -0.4 is 0 Å². The second-order valence-corrected chi connectivity index (χ2v) is 4.28. The van der Waals surface area contributed by atoms with Crippen LogP contribution in [0.2, 0.25) is 0 Å². The third-order valence-electron chi connectivity index (χ3n) is 1.86. The van der Waals surface area contributed by atoms with Crippen molar-refractivity contribution in [3.63, 3.8) is 0 Å². The Hall–Kier alpha value is -1.80. The van der Waals surface area contributed by atoms with Gasteiger partial charge in [0.1, 0.15) is 6.73 Å². The topological polar surface area (TPSA) is 125 Å². The molecular formula is C8H12N5O4P. The smallest absolute Gasteiger partial charge is 0.322 e. The molecule has 0 spiro atoms. The predicted molar refractivity (Wildman–Crippen MR) is 62.3 cm³/mol. The first kappa shape index (κ1) is 14.3. The fourth-order valence-electron chi connectivity index (χ4n) is 0.974. The molecule has 0 aliphatic rings. The number of nitrogens with one attached hydrogen (secondary N) is 1. The number of hydrogen-bond donors (Lipinski definition) is 3. The highest BCUT2D eigenvalue weighted by molar-refractivity contribution is 7.46. The first-order valence-corrected chi connectivity index (χ1v) is 6.12. The third-order valence-corrected chi connectivity index (χ3v) is 2.31. The highest BCUT2D eigenvalue weighted by atomic mass is 31.2. The van der Waals surface area contributed by atoms with Crippen LogP contribution in [0.4, 0.5) is 0 Å². The molecule has 10 heteroatoms. The summed E-state index contributed by atoms with van der Waals surface area (Å²) < 4.78 is 16.0. The lowest BCUT2D eigenvalue weighted by molar-refractivity contribution is 0.143. The molecule has 3 N–H and O–H groups in total. The van der Waals surface area contributed by atoms with Crippen molar-refractivity contribution in [1.82, 2.24) is 19.9 Å². The molecule has 0 saturated heterocycles. The van der Waals surface area contributed by atoms with E-state index in [1.807, 2.05) is 0 Å². The summed E-state index contributed by atoms with van der Waals surface area (Å²) in [5.74, 6) is -0.123. The number of phosphoric acid groups is 1. The molecular weight excluding hydrogens is 261 g/mol. The van der Waals surface area contributed by atoms with Gasteiger partial charge in [-0.3, -0.25) is 9.93 Å². The number of nitrogens with zero attached hydrogens (tertiary/aromatic N) is 4. The Kier molecular flexibility index (Phi) is 4.51. The lowest BCUT2D eigenvalue weighted by Crippen LogP contribution is -2.27. The van der Waals surface area contributed by atoms with Crippen LogP contribution in [-0.2, 0) is 9.09 Å². The van der Waals surface area contributed by atoms with E-state index in [4.69, 9.17) is 15.2 Å². The van der Waals surface area contributed by atoms with Gasteiger partial charge in [-0.15, -0.1) is 5.10 Å². The van der Waals surface area contributed by atoms with Gasteiger partial charge in [-0.25, -0.2) is 9.25 Å². The monoisotopic (exact) mass is 273 g/mol. The molecule has 18 heavy (non-hydrogen) atoms.